The van der Waals surface area contributed by atoms with Crippen molar-refractivity contribution in [2.45, 2.75) is 13.1 Å². The van der Waals surface area contributed by atoms with E-state index in [9.17, 15) is 0 Å². The topological polar surface area (TPSA) is 59.1 Å². The van der Waals surface area contributed by atoms with E-state index in [4.69, 9.17) is 5.73 Å². The lowest BCUT2D eigenvalue weighted by Crippen LogP contribution is -2.47. The van der Waals surface area contributed by atoms with Gasteiger partial charge in [-0.25, -0.2) is 4.98 Å². The lowest BCUT2D eigenvalue weighted by molar-refractivity contribution is 0.177. The molecule has 0 saturated carbocycles. The Hall–Kier alpha value is -1.43. The largest absolute Gasteiger partial charge is 0.331 e. The summed E-state index contributed by atoms with van der Waals surface area (Å²) in [4.78, 5) is 6.89. The van der Waals surface area contributed by atoms with E-state index in [1.807, 2.05) is 14.0 Å². The lowest BCUT2D eigenvalue weighted by atomic mass is 10.1. The van der Waals surface area contributed by atoms with E-state index in [-0.39, 0.29) is 6.17 Å². The van der Waals surface area contributed by atoms with Gasteiger partial charge in [-0.1, -0.05) is 6.07 Å². The lowest BCUT2D eigenvalue weighted by Gasteiger charge is -2.32. The quantitative estimate of drug-likeness (QED) is 0.835. The highest BCUT2D eigenvalue weighted by Gasteiger charge is 2.19. The minimum Gasteiger partial charge on any atom is -0.331 e. The van der Waals surface area contributed by atoms with Crippen molar-refractivity contribution in [1.82, 2.24) is 19.8 Å². The number of benzene rings is 1. The van der Waals surface area contributed by atoms with Gasteiger partial charge in [0, 0.05) is 33.2 Å². The molecule has 1 atom stereocenters. The molecule has 1 saturated heterocycles. The van der Waals surface area contributed by atoms with E-state index >= 15 is 0 Å². The molecular weight excluding hydrogens is 238 g/mol. The summed E-state index contributed by atoms with van der Waals surface area (Å²) < 4.78 is 2.11. The molecule has 1 unspecified atom stereocenters. The molecule has 19 heavy (non-hydrogen) atoms. The number of hydrogen-bond acceptors (Lipinski definition) is 4. The van der Waals surface area contributed by atoms with Gasteiger partial charge in [0.25, 0.3) is 0 Å². The van der Waals surface area contributed by atoms with Crippen molar-refractivity contribution in [2.24, 2.45) is 12.8 Å². The summed E-state index contributed by atoms with van der Waals surface area (Å²) in [5.74, 6) is 1.03. The summed E-state index contributed by atoms with van der Waals surface area (Å²) in [7, 11) is 2.04. The molecule has 2 aromatic rings. The predicted molar refractivity (Wildman–Crippen MR) is 76.8 cm³/mol. The normalized spacial score (nSPS) is 18.9. The average Bonchev–Trinajstić information content (AvgIpc) is 2.74. The smallest absolute Gasteiger partial charge is 0.106 e. The zero-order valence-electron chi connectivity index (χ0n) is 11.6. The fourth-order valence-electron chi connectivity index (χ4n) is 2.69. The van der Waals surface area contributed by atoms with Gasteiger partial charge in [-0.15, -0.1) is 0 Å². The standard InChI is InChI=1S/C14H21N5/c1-10-17-12-9-11(3-4-13(12)18(10)2)14(15)19-7-5-16-6-8-19/h3-4,9,14,16H,5-8,15H2,1-2H3. The van der Waals surface area contributed by atoms with Crippen LogP contribution in [0.15, 0.2) is 18.2 Å². The van der Waals surface area contributed by atoms with Crippen LogP contribution in [0.2, 0.25) is 0 Å². The molecule has 0 spiro atoms. The first-order valence-electron chi connectivity index (χ1n) is 6.80. The molecule has 5 nitrogen and oxygen atoms in total. The third kappa shape index (κ3) is 2.25. The minimum atomic E-state index is -0.0335. The summed E-state index contributed by atoms with van der Waals surface area (Å²) in [5.41, 5.74) is 9.71. The van der Waals surface area contributed by atoms with E-state index in [2.05, 4.69) is 38.0 Å². The van der Waals surface area contributed by atoms with E-state index in [1.54, 1.807) is 0 Å². The Labute approximate surface area is 113 Å². The number of aromatic nitrogens is 2. The molecule has 1 aromatic heterocycles. The molecule has 3 N–H and O–H groups in total. The van der Waals surface area contributed by atoms with E-state index < -0.39 is 0 Å². The molecule has 1 aromatic carbocycles. The fourth-order valence-corrected chi connectivity index (χ4v) is 2.69. The molecule has 0 amide bonds. The second kappa shape index (κ2) is 4.92. The molecule has 5 heteroatoms. The van der Waals surface area contributed by atoms with Crippen LogP contribution >= 0.6 is 0 Å². The summed E-state index contributed by atoms with van der Waals surface area (Å²) >= 11 is 0. The van der Waals surface area contributed by atoms with Crippen molar-refractivity contribution >= 4 is 11.0 Å². The van der Waals surface area contributed by atoms with Crippen LogP contribution in [0.25, 0.3) is 11.0 Å². The number of nitrogens with two attached hydrogens (primary N) is 1. The van der Waals surface area contributed by atoms with Gasteiger partial charge in [-0.05, 0) is 24.6 Å². The summed E-state index contributed by atoms with van der Waals surface area (Å²) in [6.07, 6.45) is -0.0335. The summed E-state index contributed by atoms with van der Waals surface area (Å²) in [6, 6.07) is 6.36. The maximum Gasteiger partial charge on any atom is 0.106 e. The molecule has 0 bridgehead atoms. The number of fused-ring (bicyclic) bond motifs is 1. The molecule has 3 rings (SSSR count). The molecule has 1 aliphatic rings. The first-order valence-corrected chi connectivity index (χ1v) is 6.80. The zero-order valence-corrected chi connectivity index (χ0v) is 11.6. The van der Waals surface area contributed by atoms with Crippen molar-refractivity contribution in [1.29, 1.82) is 0 Å². The summed E-state index contributed by atoms with van der Waals surface area (Å²) in [6.45, 7) is 6.05. The minimum absolute atomic E-state index is 0.0335. The number of aryl methyl sites for hydroxylation is 2. The Bertz CT molecular complexity index is 583. The molecule has 0 radical (unpaired) electrons. The Morgan fingerprint density at radius 3 is 2.79 bits per heavy atom. The molecule has 1 aliphatic heterocycles. The monoisotopic (exact) mass is 259 g/mol. The average molecular weight is 259 g/mol. The highest BCUT2D eigenvalue weighted by Crippen LogP contribution is 2.21. The van der Waals surface area contributed by atoms with Gasteiger partial charge in [-0.2, -0.15) is 0 Å². The highest BCUT2D eigenvalue weighted by atomic mass is 15.3. The molecule has 0 aliphatic carbocycles. The van der Waals surface area contributed by atoms with Gasteiger partial charge in [0.05, 0.1) is 17.2 Å². The van der Waals surface area contributed by atoms with Crippen molar-refractivity contribution < 1.29 is 0 Å². The van der Waals surface area contributed by atoms with Gasteiger partial charge in [0.2, 0.25) is 0 Å². The Balaban J connectivity index is 1.91. The predicted octanol–water partition coefficient (Wildman–Crippen LogP) is 0.744. The SMILES string of the molecule is Cc1nc2cc(C(N)N3CCNCC3)ccc2n1C. The molecular formula is C14H21N5. The van der Waals surface area contributed by atoms with E-state index in [1.165, 1.54) is 0 Å². The second-order valence-corrected chi connectivity index (χ2v) is 5.20. The highest BCUT2D eigenvalue weighted by molar-refractivity contribution is 5.76. The van der Waals surface area contributed by atoms with Gasteiger partial charge in [-0.3, -0.25) is 4.90 Å². The number of nitrogens with one attached hydrogen (secondary N) is 1. The Kier molecular flexibility index (Phi) is 3.26. The van der Waals surface area contributed by atoms with E-state index in [0.29, 0.717) is 0 Å². The van der Waals surface area contributed by atoms with Crippen LogP contribution in [0.4, 0.5) is 0 Å². The molecule has 2 heterocycles. The van der Waals surface area contributed by atoms with Gasteiger partial charge < -0.3 is 15.6 Å². The van der Waals surface area contributed by atoms with Crippen LogP contribution in [-0.2, 0) is 7.05 Å². The third-order valence-corrected chi connectivity index (χ3v) is 4.01. The van der Waals surface area contributed by atoms with E-state index in [0.717, 1.165) is 48.6 Å². The van der Waals surface area contributed by atoms with Crippen LogP contribution in [-0.4, -0.2) is 40.6 Å². The number of nitrogens with zero attached hydrogens (tertiary/aromatic N) is 3. The van der Waals surface area contributed by atoms with Crippen molar-refractivity contribution in [3.05, 3.63) is 29.6 Å². The maximum atomic E-state index is 6.37. The van der Waals surface area contributed by atoms with Crippen molar-refractivity contribution in [3.63, 3.8) is 0 Å². The number of imidazole rings is 1. The van der Waals surface area contributed by atoms with Crippen LogP contribution in [0, 0.1) is 6.92 Å². The van der Waals surface area contributed by atoms with Gasteiger partial charge in [0.1, 0.15) is 5.82 Å². The fraction of sp³-hybridized carbons (Fsp3) is 0.500. The first-order chi connectivity index (χ1) is 9.16. The molecule has 1 fully saturated rings. The second-order valence-electron chi connectivity index (χ2n) is 5.20. The van der Waals surface area contributed by atoms with Crippen LogP contribution < -0.4 is 11.1 Å². The zero-order chi connectivity index (χ0) is 13.4. The molecule has 102 valence electrons. The Morgan fingerprint density at radius 2 is 2.05 bits per heavy atom. The van der Waals surface area contributed by atoms with Crippen molar-refractivity contribution in [2.75, 3.05) is 26.2 Å². The number of rotatable bonds is 2. The Morgan fingerprint density at radius 1 is 1.32 bits per heavy atom. The first kappa shape index (κ1) is 12.6. The van der Waals surface area contributed by atoms with Crippen LogP contribution in [0.3, 0.4) is 0 Å². The van der Waals surface area contributed by atoms with Gasteiger partial charge >= 0.3 is 0 Å². The van der Waals surface area contributed by atoms with Gasteiger partial charge in [0.15, 0.2) is 0 Å². The number of piperazine rings is 1. The third-order valence-electron chi connectivity index (χ3n) is 4.01. The van der Waals surface area contributed by atoms with Crippen LogP contribution in [0.1, 0.15) is 17.6 Å². The van der Waals surface area contributed by atoms with Crippen LogP contribution in [0.5, 0.6) is 0 Å². The number of hydrogen-bond donors (Lipinski definition) is 2. The summed E-state index contributed by atoms with van der Waals surface area (Å²) in [5, 5.41) is 3.35. The van der Waals surface area contributed by atoms with Crippen molar-refractivity contribution in [3.8, 4) is 0 Å². The maximum absolute atomic E-state index is 6.37.